The van der Waals surface area contributed by atoms with E-state index < -0.39 is 11.5 Å². The lowest BCUT2D eigenvalue weighted by Gasteiger charge is -2.39. The zero-order valence-electron chi connectivity index (χ0n) is 10.8. The van der Waals surface area contributed by atoms with Gasteiger partial charge in [0.1, 0.15) is 5.54 Å². The van der Waals surface area contributed by atoms with E-state index in [0.29, 0.717) is 24.5 Å². The number of nitrogen functional groups attached to an aromatic ring is 1. The quantitative estimate of drug-likeness (QED) is 0.600. The molecule has 0 radical (unpaired) electrons. The molecule has 0 fully saturated rings. The molecule has 1 unspecified atom stereocenters. The van der Waals surface area contributed by atoms with Gasteiger partial charge in [-0.3, -0.25) is 0 Å². The van der Waals surface area contributed by atoms with Gasteiger partial charge in [-0.05, 0) is 37.6 Å². The van der Waals surface area contributed by atoms with Gasteiger partial charge in [0.2, 0.25) is 0 Å². The molecular weight excluding hydrogens is 287 g/mol. The Labute approximate surface area is 123 Å². The van der Waals surface area contributed by atoms with Gasteiger partial charge in [-0.2, -0.15) is 0 Å². The van der Waals surface area contributed by atoms with Gasteiger partial charge in [-0.15, -0.1) is 23.2 Å². The number of hydrogen-bond donors (Lipinski definition) is 2. The third-order valence-electron chi connectivity index (χ3n) is 3.15. The Morgan fingerprint density at radius 1 is 1.32 bits per heavy atom. The summed E-state index contributed by atoms with van der Waals surface area (Å²) in [5.41, 5.74) is 5.95. The number of carbonyl (C=O) groups is 1. The van der Waals surface area contributed by atoms with Crippen LogP contribution < -0.4 is 10.6 Å². The minimum absolute atomic E-state index is 0.260. The highest BCUT2D eigenvalue weighted by Crippen LogP contribution is 2.28. The van der Waals surface area contributed by atoms with Crippen molar-refractivity contribution in [3.63, 3.8) is 0 Å². The van der Waals surface area contributed by atoms with Crippen molar-refractivity contribution in [2.75, 3.05) is 28.9 Å². The van der Waals surface area contributed by atoms with E-state index in [-0.39, 0.29) is 5.88 Å². The minimum atomic E-state index is -1.09. The van der Waals surface area contributed by atoms with Crippen molar-refractivity contribution < 1.29 is 9.90 Å². The maximum absolute atomic E-state index is 11.6. The molecule has 0 aliphatic heterocycles. The molecule has 6 heteroatoms. The Balaban J connectivity index is 3.16. The Morgan fingerprint density at radius 3 is 2.32 bits per heavy atom. The highest BCUT2D eigenvalue weighted by Gasteiger charge is 2.38. The number of rotatable bonds is 7. The lowest BCUT2D eigenvalue weighted by molar-refractivity contribution is -0.142. The first-order valence-corrected chi connectivity index (χ1v) is 7.01. The molecule has 0 saturated carbocycles. The van der Waals surface area contributed by atoms with Crippen LogP contribution in [-0.4, -0.2) is 34.9 Å². The van der Waals surface area contributed by atoms with Gasteiger partial charge in [0.15, 0.2) is 0 Å². The number of anilines is 2. The second-order valence-corrected chi connectivity index (χ2v) is 5.21. The average molecular weight is 305 g/mol. The molecule has 0 saturated heterocycles. The number of hydrogen-bond acceptors (Lipinski definition) is 3. The number of nitrogens with two attached hydrogens (primary N) is 1. The second kappa shape index (κ2) is 6.87. The predicted molar refractivity (Wildman–Crippen MR) is 80.3 cm³/mol. The van der Waals surface area contributed by atoms with E-state index in [2.05, 4.69) is 0 Å². The van der Waals surface area contributed by atoms with Gasteiger partial charge in [-0.1, -0.05) is 0 Å². The van der Waals surface area contributed by atoms with Gasteiger partial charge >= 0.3 is 5.97 Å². The molecule has 4 nitrogen and oxygen atoms in total. The normalized spacial score (nSPS) is 13.8. The van der Waals surface area contributed by atoms with E-state index in [1.54, 1.807) is 36.1 Å². The molecule has 1 atom stereocenters. The first-order chi connectivity index (χ1) is 8.95. The maximum Gasteiger partial charge on any atom is 0.329 e. The summed E-state index contributed by atoms with van der Waals surface area (Å²) in [6.07, 6.45) is 0.325. The van der Waals surface area contributed by atoms with Gasteiger partial charge < -0.3 is 15.7 Å². The van der Waals surface area contributed by atoms with E-state index in [1.807, 2.05) is 0 Å². The Kier molecular flexibility index (Phi) is 5.76. The molecule has 19 heavy (non-hydrogen) atoms. The fourth-order valence-electron chi connectivity index (χ4n) is 1.94. The summed E-state index contributed by atoms with van der Waals surface area (Å²) in [6.45, 7) is 2.08. The van der Waals surface area contributed by atoms with Crippen LogP contribution in [0.15, 0.2) is 24.3 Å². The third kappa shape index (κ3) is 3.67. The van der Waals surface area contributed by atoms with Crippen LogP contribution in [0.4, 0.5) is 11.4 Å². The molecule has 0 spiro atoms. The van der Waals surface area contributed by atoms with Crippen molar-refractivity contribution in [2.24, 2.45) is 0 Å². The van der Waals surface area contributed by atoms with Crippen LogP contribution in [0, 0.1) is 0 Å². The van der Waals surface area contributed by atoms with Crippen LogP contribution in [0.1, 0.15) is 13.3 Å². The molecule has 0 aromatic heterocycles. The molecule has 1 aromatic rings. The summed E-state index contributed by atoms with van der Waals surface area (Å²) in [5, 5.41) is 9.51. The smallest absolute Gasteiger partial charge is 0.329 e. The van der Waals surface area contributed by atoms with Crippen molar-refractivity contribution in [1.82, 2.24) is 0 Å². The second-order valence-electron chi connectivity index (χ2n) is 4.45. The molecule has 0 bridgehead atoms. The van der Waals surface area contributed by atoms with E-state index in [9.17, 15) is 9.90 Å². The molecule has 0 aliphatic rings. The molecule has 3 N–H and O–H groups in total. The van der Waals surface area contributed by atoms with Crippen molar-refractivity contribution in [2.45, 2.75) is 18.9 Å². The molecule has 0 aliphatic carbocycles. The van der Waals surface area contributed by atoms with Crippen molar-refractivity contribution >= 4 is 40.5 Å². The predicted octanol–water partition coefficient (Wildman–Crippen LogP) is 2.79. The van der Waals surface area contributed by atoms with E-state index in [0.717, 1.165) is 5.69 Å². The van der Waals surface area contributed by atoms with Gasteiger partial charge in [-0.25, -0.2) is 4.79 Å². The minimum Gasteiger partial charge on any atom is -0.480 e. The monoisotopic (exact) mass is 304 g/mol. The van der Waals surface area contributed by atoms with Crippen LogP contribution in [0.2, 0.25) is 0 Å². The summed E-state index contributed by atoms with van der Waals surface area (Å²) < 4.78 is 0. The highest BCUT2D eigenvalue weighted by atomic mass is 35.5. The topological polar surface area (TPSA) is 66.6 Å². The number of alkyl halides is 2. The number of aliphatic carboxylic acids is 1. The Bertz CT molecular complexity index is 425. The zero-order chi connectivity index (χ0) is 14.5. The van der Waals surface area contributed by atoms with Crippen LogP contribution in [0.5, 0.6) is 0 Å². The van der Waals surface area contributed by atoms with Gasteiger partial charge in [0.05, 0.1) is 0 Å². The largest absolute Gasteiger partial charge is 0.480 e. The molecule has 1 aromatic carbocycles. The van der Waals surface area contributed by atoms with Crippen molar-refractivity contribution in [1.29, 1.82) is 0 Å². The zero-order valence-corrected chi connectivity index (χ0v) is 12.3. The summed E-state index contributed by atoms with van der Waals surface area (Å²) >= 11 is 11.5. The number of carboxylic acid groups (broad SMARTS) is 1. The molecular formula is C13H18Cl2N2O2. The first kappa shape index (κ1) is 15.9. The summed E-state index contributed by atoms with van der Waals surface area (Å²) in [5.74, 6) is -0.332. The van der Waals surface area contributed by atoms with Crippen molar-refractivity contribution in [3.05, 3.63) is 24.3 Å². The summed E-state index contributed by atoms with van der Waals surface area (Å²) in [4.78, 5) is 13.4. The SMILES string of the molecule is CC(CCCl)(C(=O)O)N(CCCl)c1ccc(N)cc1. The summed E-state index contributed by atoms with van der Waals surface area (Å²) in [6, 6.07) is 7.05. The number of nitrogens with zero attached hydrogens (tertiary/aromatic N) is 1. The summed E-state index contributed by atoms with van der Waals surface area (Å²) in [7, 11) is 0. The Hall–Kier alpha value is -1.13. The fraction of sp³-hybridized carbons (Fsp3) is 0.462. The molecule has 0 amide bonds. The molecule has 1 rings (SSSR count). The van der Waals surface area contributed by atoms with Crippen molar-refractivity contribution in [3.8, 4) is 0 Å². The lowest BCUT2D eigenvalue weighted by Crippen LogP contribution is -2.54. The number of benzene rings is 1. The van der Waals surface area contributed by atoms with Crippen LogP contribution in [-0.2, 0) is 4.79 Å². The molecule has 106 valence electrons. The van der Waals surface area contributed by atoms with Crippen LogP contribution in [0.25, 0.3) is 0 Å². The Morgan fingerprint density at radius 2 is 1.89 bits per heavy atom. The lowest BCUT2D eigenvalue weighted by atomic mass is 9.95. The number of carboxylic acids is 1. The highest BCUT2D eigenvalue weighted by molar-refractivity contribution is 6.18. The first-order valence-electron chi connectivity index (χ1n) is 5.94. The molecule has 0 heterocycles. The third-order valence-corrected chi connectivity index (χ3v) is 3.51. The van der Waals surface area contributed by atoms with E-state index >= 15 is 0 Å². The maximum atomic E-state index is 11.6. The standard InChI is InChI=1S/C13H18Cl2N2O2/c1-13(6-7-14,12(18)19)17(9-8-15)11-4-2-10(16)3-5-11/h2-5H,6-9,16H2,1H3,(H,18,19). The van der Waals surface area contributed by atoms with Crippen LogP contribution >= 0.6 is 23.2 Å². The van der Waals surface area contributed by atoms with E-state index in [4.69, 9.17) is 28.9 Å². The van der Waals surface area contributed by atoms with Crippen LogP contribution in [0.3, 0.4) is 0 Å². The van der Waals surface area contributed by atoms with E-state index in [1.165, 1.54) is 0 Å². The van der Waals surface area contributed by atoms with Gasteiger partial charge in [0, 0.05) is 29.7 Å². The average Bonchev–Trinajstić information content (AvgIpc) is 2.37. The van der Waals surface area contributed by atoms with Gasteiger partial charge in [0.25, 0.3) is 0 Å². The fourth-order valence-corrected chi connectivity index (χ4v) is 2.48. The number of halogens is 2.